The molecule has 2 aliphatic heterocycles. The van der Waals surface area contributed by atoms with Crippen LogP contribution in [0.2, 0.25) is 0 Å². The van der Waals surface area contributed by atoms with E-state index in [2.05, 4.69) is 5.32 Å². The first-order valence-corrected chi connectivity index (χ1v) is 6.63. The molecule has 0 saturated carbocycles. The quantitative estimate of drug-likeness (QED) is 0.874. The lowest BCUT2D eigenvalue weighted by Gasteiger charge is -2.32. The number of nitrogens with zero attached hydrogens (tertiary/aromatic N) is 1. The molecule has 2 atom stereocenters. The summed E-state index contributed by atoms with van der Waals surface area (Å²) in [5.41, 5.74) is 1.01. The molecule has 102 valence electrons. The number of likely N-dealkylation sites (tertiary alicyclic amines) is 1. The van der Waals surface area contributed by atoms with Gasteiger partial charge in [-0.05, 0) is 12.0 Å². The molecule has 5 nitrogen and oxygen atoms in total. The third-order valence-corrected chi connectivity index (χ3v) is 3.66. The number of amides is 1. The monoisotopic (exact) mass is 262 g/mol. The molecule has 0 bridgehead atoms. The van der Waals surface area contributed by atoms with Gasteiger partial charge in [-0.3, -0.25) is 5.32 Å². The Morgan fingerprint density at radius 2 is 2.26 bits per heavy atom. The van der Waals surface area contributed by atoms with Gasteiger partial charge in [-0.2, -0.15) is 0 Å². The van der Waals surface area contributed by atoms with Crippen LogP contribution >= 0.6 is 0 Å². The van der Waals surface area contributed by atoms with Gasteiger partial charge >= 0.3 is 6.09 Å². The second-order valence-electron chi connectivity index (χ2n) is 4.93. The predicted octanol–water partition coefficient (Wildman–Crippen LogP) is 1.34. The van der Waals surface area contributed by atoms with Gasteiger partial charge in [0.05, 0.1) is 18.9 Å². The zero-order valence-electron chi connectivity index (χ0n) is 10.7. The van der Waals surface area contributed by atoms with E-state index in [9.17, 15) is 4.79 Å². The number of benzene rings is 1. The van der Waals surface area contributed by atoms with E-state index in [-0.39, 0.29) is 18.2 Å². The summed E-state index contributed by atoms with van der Waals surface area (Å²) in [6.07, 6.45) is 0.882. The van der Waals surface area contributed by atoms with Gasteiger partial charge in [-0.1, -0.05) is 30.3 Å². The minimum Gasteiger partial charge on any atom is -0.445 e. The fourth-order valence-electron chi connectivity index (χ4n) is 2.56. The van der Waals surface area contributed by atoms with Crippen LogP contribution in [-0.4, -0.2) is 43.0 Å². The Hall–Kier alpha value is -1.59. The zero-order chi connectivity index (χ0) is 13.1. The lowest BCUT2D eigenvalue weighted by molar-refractivity contribution is 0.0424. The Bertz CT molecular complexity index is 438. The standard InChI is InChI=1S/C14H18N2O3/c17-14(18-9-11-4-2-1-3-5-11)16-7-6-13-12(8-16)15-10-19-13/h1-5,12-13,15H,6-10H2. The molecule has 1 aromatic rings. The smallest absolute Gasteiger partial charge is 0.410 e. The number of hydrogen-bond donors (Lipinski definition) is 1. The second kappa shape index (κ2) is 5.59. The van der Waals surface area contributed by atoms with E-state index >= 15 is 0 Å². The summed E-state index contributed by atoms with van der Waals surface area (Å²) in [6.45, 7) is 2.28. The Balaban J connectivity index is 1.50. The number of carbonyl (C=O) groups is 1. The Labute approximate surface area is 112 Å². The minimum atomic E-state index is -0.240. The van der Waals surface area contributed by atoms with Gasteiger partial charge < -0.3 is 14.4 Å². The molecule has 0 aliphatic carbocycles. The van der Waals surface area contributed by atoms with Crippen LogP contribution in [0.15, 0.2) is 30.3 Å². The highest BCUT2D eigenvalue weighted by atomic mass is 16.6. The molecule has 2 unspecified atom stereocenters. The molecular weight excluding hydrogens is 244 g/mol. The summed E-state index contributed by atoms with van der Waals surface area (Å²) in [6, 6.07) is 9.97. The fourth-order valence-corrected chi connectivity index (χ4v) is 2.56. The first-order valence-electron chi connectivity index (χ1n) is 6.63. The van der Waals surface area contributed by atoms with E-state index in [4.69, 9.17) is 9.47 Å². The summed E-state index contributed by atoms with van der Waals surface area (Å²) in [7, 11) is 0. The molecule has 3 rings (SSSR count). The van der Waals surface area contributed by atoms with E-state index in [0.717, 1.165) is 12.0 Å². The van der Waals surface area contributed by atoms with Crippen LogP contribution in [-0.2, 0) is 16.1 Å². The van der Waals surface area contributed by atoms with Gasteiger partial charge in [0.2, 0.25) is 0 Å². The SMILES string of the molecule is O=C(OCc1ccccc1)N1CCC2OCNC2C1. The Kier molecular flexibility index (Phi) is 3.66. The average molecular weight is 262 g/mol. The van der Waals surface area contributed by atoms with Crippen molar-refractivity contribution < 1.29 is 14.3 Å². The summed E-state index contributed by atoms with van der Waals surface area (Å²) < 4.78 is 10.9. The molecule has 2 fully saturated rings. The fraction of sp³-hybridized carbons (Fsp3) is 0.500. The van der Waals surface area contributed by atoms with Crippen LogP contribution in [0.3, 0.4) is 0 Å². The van der Waals surface area contributed by atoms with E-state index < -0.39 is 0 Å². The van der Waals surface area contributed by atoms with Crippen LogP contribution in [0.1, 0.15) is 12.0 Å². The molecule has 1 N–H and O–H groups in total. The number of hydrogen-bond acceptors (Lipinski definition) is 4. The maximum Gasteiger partial charge on any atom is 0.410 e. The van der Waals surface area contributed by atoms with Crippen molar-refractivity contribution in [3.63, 3.8) is 0 Å². The predicted molar refractivity (Wildman–Crippen MR) is 69.5 cm³/mol. The maximum atomic E-state index is 12.0. The molecule has 2 aliphatic rings. The number of nitrogens with one attached hydrogen (secondary N) is 1. The van der Waals surface area contributed by atoms with Crippen molar-refractivity contribution in [3.8, 4) is 0 Å². The van der Waals surface area contributed by atoms with Crippen molar-refractivity contribution in [1.29, 1.82) is 0 Å². The largest absolute Gasteiger partial charge is 0.445 e. The van der Waals surface area contributed by atoms with Crippen LogP contribution < -0.4 is 5.32 Å². The van der Waals surface area contributed by atoms with Gasteiger partial charge in [0.25, 0.3) is 0 Å². The number of rotatable bonds is 2. The van der Waals surface area contributed by atoms with Crippen LogP contribution in [0.25, 0.3) is 0 Å². The molecule has 5 heteroatoms. The van der Waals surface area contributed by atoms with Gasteiger partial charge in [0, 0.05) is 13.1 Å². The highest BCUT2D eigenvalue weighted by Crippen LogP contribution is 2.19. The molecule has 19 heavy (non-hydrogen) atoms. The maximum absolute atomic E-state index is 12.0. The topological polar surface area (TPSA) is 50.8 Å². The van der Waals surface area contributed by atoms with Crippen molar-refractivity contribution in [1.82, 2.24) is 10.2 Å². The van der Waals surface area contributed by atoms with Gasteiger partial charge in [0.15, 0.2) is 0 Å². The van der Waals surface area contributed by atoms with Crippen molar-refractivity contribution in [3.05, 3.63) is 35.9 Å². The van der Waals surface area contributed by atoms with E-state index in [1.807, 2.05) is 30.3 Å². The van der Waals surface area contributed by atoms with Gasteiger partial charge in [-0.15, -0.1) is 0 Å². The van der Waals surface area contributed by atoms with Crippen LogP contribution in [0, 0.1) is 0 Å². The molecule has 1 amide bonds. The molecule has 0 aromatic heterocycles. The van der Waals surface area contributed by atoms with Gasteiger partial charge in [-0.25, -0.2) is 4.79 Å². The number of ether oxygens (including phenoxy) is 2. The highest BCUT2D eigenvalue weighted by Gasteiger charge is 2.35. The summed E-state index contributed by atoms with van der Waals surface area (Å²) in [5.74, 6) is 0. The molecular formula is C14H18N2O3. The third-order valence-electron chi connectivity index (χ3n) is 3.66. The molecule has 2 saturated heterocycles. The Morgan fingerprint density at radius 3 is 3.11 bits per heavy atom. The normalized spacial score (nSPS) is 26.0. The summed E-state index contributed by atoms with van der Waals surface area (Å²) in [4.78, 5) is 13.8. The molecule has 1 aromatic carbocycles. The van der Waals surface area contributed by atoms with E-state index in [1.165, 1.54) is 0 Å². The van der Waals surface area contributed by atoms with E-state index in [1.54, 1.807) is 4.90 Å². The molecule has 0 spiro atoms. The zero-order valence-corrected chi connectivity index (χ0v) is 10.7. The number of fused-ring (bicyclic) bond motifs is 1. The van der Waals surface area contributed by atoms with Gasteiger partial charge in [0.1, 0.15) is 6.61 Å². The molecule has 0 radical (unpaired) electrons. The Morgan fingerprint density at radius 1 is 1.42 bits per heavy atom. The summed E-state index contributed by atoms with van der Waals surface area (Å²) in [5, 5.41) is 3.25. The first kappa shape index (κ1) is 12.4. The number of carbonyl (C=O) groups excluding carboxylic acids is 1. The lowest BCUT2D eigenvalue weighted by atomic mass is 10.0. The highest BCUT2D eigenvalue weighted by molar-refractivity contribution is 5.67. The number of piperidine rings is 1. The second-order valence-corrected chi connectivity index (χ2v) is 4.93. The minimum absolute atomic E-state index is 0.240. The summed E-state index contributed by atoms with van der Waals surface area (Å²) >= 11 is 0. The molecule has 2 heterocycles. The third kappa shape index (κ3) is 2.88. The van der Waals surface area contributed by atoms with Crippen molar-refractivity contribution in [2.24, 2.45) is 0 Å². The lowest BCUT2D eigenvalue weighted by Crippen LogP contribution is -2.51. The average Bonchev–Trinajstić information content (AvgIpc) is 2.93. The van der Waals surface area contributed by atoms with Crippen molar-refractivity contribution in [2.45, 2.75) is 25.2 Å². The van der Waals surface area contributed by atoms with Crippen LogP contribution in [0.4, 0.5) is 4.79 Å². The van der Waals surface area contributed by atoms with Crippen molar-refractivity contribution >= 4 is 6.09 Å². The van der Waals surface area contributed by atoms with Crippen molar-refractivity contribution in [2.75, 3.05) is 19.8 Å². The first-order chi connectivity index (χ1) is 9.33. The van der Waals surface area contributed by atoms with E-state index in [0.29, 0.717) is 26.4 Å². The van der Waals surface area contributed by atoms with Crippen LogP contribution in [0.5, 0.6) is 0 Å².